The Labute approximate surface area is 279 Å². The molecule has 3 aliphatic rings. The smallest absolute Gasteiger partial charge is 0.444 e. The number of H-pyrrole nitrogens is 1. The summed E-state index contributed by atoms with van der Waals surface area (Å²) in [6, 6.07) is 14.4. The van der Waals surface area contributed by atoms with Gasteiger partial charge in [0.15, 0.2) is 17.3 Å². The van der Waals surface area contributed by atoms with Gasteiger partial charge in [0.1, 0.15) is 5.82 Å². The van der Waals surface area contributed by atoms with Gasteiger partial charge < -0.3 is 14.4 Å². The van der Waals surface area contributed by atoms with E-state index in [0.717, 1.165) is 42.9 Å². The molecule has 7 rings (SSSR count). The third kappa shape index (κ3) is 6.03. The molecule has 2 aromatic heterocycles. The van der Waals surface area contributed by atoms with Crippen LogP contribution in [0.1, 0.15) is 61.7 Å². The van der Waals surface area contributed by atoms with E-state index in [1.165, 1.54) is 12.3 Å². The standard InChI is InChI=1S/C34H32ClF4N7O2/c1-32(18-40)10-13-46(19-32)27-14-21(30-42-31(44-43-30)34(37,38)39)16-41-26(27)17-45-11-8-20(9-12-45)23-4-3-5-28-29(23)48-33(2,47-28)24-7-6-22(35)15-25(24)36/h3-7,14-16,20H,8-13,17,19H2,1-2H3,(H,42,43,44)/t32-,33+/m1/s1. The number of aromatic nitrogens is 4. The summed E-state index contributed by atoms with van der Waals surface area (Å²) < 4.78 is 67.0. The van der Waals surface area contributed by atoms with Crippen LogP contribution in [0, 0.1) is 22.6 Å². The molecule has 0 amide bonds. The van der Waals surface area contributed by atoms with Crippen molar-refractivity contribution >= 4 is 17.3 Å². The maximum absolute atomic E-state index is 14.9. The number of nitrogens with zero attached hydrogens (tertiary/aromatic N) is 6. The Morgan fingerprint density at radius 2 is 1.90 bits per heavy atom. The summed E-state index contributed by atoms with van der Waals surface area (Å²) in [6.07, 6.45) is -0.835. The SMILES string of the molecule is C[C@]1(C#N)CCN(c2cc(-c3n[nH]c(C(F)(F)F)n3)cnc2CN2CCC(c3cccc4c3O[C@@](C)(c3ccc(Cl)cc3F)O4)CC2)C1. The zero-order valence-electron chi connectivity index (χ0n) is 26.2. The van der Waals surface area contributed by atoms with Crippen molar-refractivity contribution in [3.63, 3.8) is 0 Å². The van der Waals surface area contributed by atoms with Crippen LogP contribution in [0.2, 0.25) is 5.02 Å². The van der Waals surface area contributed by atoms with E-state index in [1.54, 1.807) is 25.1 Å². The normalized spacial score (nSPS) is 23.1. The van der Waals surface area contributed by atoms with Crippen LogP contribution in [-0.4, -0.2) is 51.2 Å². The van der Waals surface area contributed by atoms with Crippen LogP contribution >= 0.6 is 11.6 Å². The number of ether oxygens (including phenoxy) is 2. The number of para-hydroxylation sites is 1. The predicted molar refractivity (Wildman–Crippen MR) is 169 cm³/mol. The van der Waals surface area contributed by atoms with Crippen molar-refractivity contribution in [2.24, 2.45) is 5.41 Å². The quantitative estimate of drug-likeness (QED) is 0.210. The lowest BCUT2D eigenvalue weighted by Gasteiger charge is -2.33. The minimum absolute atomic E-state index is 0.0952. The van der Waals surface area contributed by atoms with Gasteiger partial charge in [0.2, 0.25) is 5.82 Å². The largest absolute Gasteiger partial charge is 0.451 e. The molecular weight excluding hydrogens is 650 g/mol. The number of halogens is 5. The minimum atomic E-state index is -4.65. The fraction of sp³-hybridized carbons (Fsp3) is 0.412. The van der Waals surface area contributed by atoms with E-state index in [0.29, 0.717) is 43.1 Å². The number of rotatable bonds is 6. The Morgan fingerprint density at radius 1 is 1.10 bits per heavy atom. The number of nitrogens with one attached hydrogen (secondary N) is 1. The number of benzene rings is 2. The molecule has 250 valence electrons. The summed E-state index contributed by atoms with van der Waals surface area (Å²) >= 11 is 5.97. The average molecular weight is 682 g/mol. The van der Waals surface area contributed by atoms with Crippen LogP contribution in [0.25, 0.3) is 11.4 Å². The van der Waals surface area contributed by atoms with Gasteiger partial charge >= 0.3 is 6.18 Å². The maximum atomic E-state index is 14.9. The van der Waals surface area contributed by atoms with Gasteiger partial charge in [-0.15, -0.1) is 0 Å². The average Bonchev–Trinajstić information content (AvgIpc) is 3.79. The van der Waals surface area contributed by atoms with E-state index >= 15 is 0 Å². The van der Waals surface area contributed by atoms with E-state index in [4.69, 9.17) is 26.1 Å². The number of pyridine rings is 1. The number of fused-ring (bicyclic) bond motifs is 1. The molecule has 0 spiro atoms. The fourth-order valence-electron chi connectivity index (χ4n) is 6.83. The zero-order chi connectivity index (χ0) is 33.8. The van der Waals surface area contributed by atoms with Gasteiger partial charge in [0, 0.05) is 48.9 Å². The molecule has 0 bridgehead atoms. The summed E-state index contributed by atoms with van der Waals surface area (Å²) in [4.78, 5) is 12.7. The van der Waals surface area contributed by atoms with E-state index in [9.17, 15) is 22.8 Å². The highest BCUT2D eigenvalue weighted by molar-refractivity contribution is 6.30. The van der Waals surface area contributed by atoms with Crippen LogP contribution in [0.3, 0.4) is 0 Å². The van der Waals surface area contributed by atoms with E-state index in [1.807, 2.05) is 30.2 Å². The highest BCUT2D eigenvalue weighted by Gasteiger charge is 2.43. The van der Waals surface area contributed by atoms with Crippen LogP contribution in [0.4, 0.5) is 23.2 Å². The van der Waals surface area contributed by atoms with Crippen LogP contribution in [-0.2, 0) is 18.5 Å². The Balaban J connectivity index is 1.08. The van der Waals surface area contributed by atoms with Gasteiger partial charge in [-0.05, 0) is 75.5 Å². The van der Waals surface area contributed by atoms with E-state index in [-0.39, 0.29) is 22.3 Å². The van der Waals surface area contributed by atoms with Crippen molar-refractivity contribution in [3.8, 4) is 29.0 Å². The van der Waals surface area contributed by atoms with E-state index in [2.05, 4.69) is 26.0 Å². The molecule has 0 saturated carbocycles. The lowest BCUT2D eigenvalue weighted by Crippen LogP contribution is -2.34. The first kappa shape index (κ1) is 32.2. The third-order valence-electron chi connectivity index (χ3n) is 9.48. The molecule has 2 aromatic carbocycles. The first-order valence-corrected chi connectivity index (χ1v) is 16.1. The fourth-order valence-corrected chi connectivity index (χ4v) is 6.98. The van der Waals surface area contributed by atoms with Crippen molar-refractivity contribution in [1.82, 2.24) is 25.1 Å². The van der Waals surface area contributed by atoms with Gasteiger partial charge in [-0.3, -0.25) is 15.0 Å². The Bertz CT molecular complexity index is 1900. The lowest BCUT2D eigenvalue weighted by molar-refractivity contribution is -0.144. The highest BCUT2D eigenvalue weighted by atomic mass is 35.5. The molecule has 14 heteroatoms. The second-order valence-corrected chi connectivity index (χ2v) is 13.5. The summed E-state index contributed by atoms with van der Waals surface area (Å²) in [5, 5.41) is 15.8. The summed E-state index contributed by atoms with van der Waals surface area (Å²) in [5.74, 6) is -1.76. The number of hydrogen-bond donors (Lipinski definition) is 1. The zero-order valence-corrected chi connectivity index (χ0v) is 27.0. The van der Waals surface area contributed by atoms with Crippen LogP contribution in [0.15, 0.2) is 48.7 Å². The first-order valence-electron chi connectivity index (χ1n) is 15.7. The summed E-state index contributed by atoms with van der Waals surface area (Å²) in [7, 11) is 0. The van der Waals surface area contributed by atoms with Gasteiger partial charge in [-0.2, -0.15) is 23.5 Å². The molecule has 2 saturated heterocycles. The number of likely N-dealkylation sites (tertiary alicyclic amines) is 1. The molecule has 0 aliphatic carbocycles. The second-order valence-electron chi connectivity index (χ2n) is 13.0. The first-order chi connectivity index (χ1) is 22.8. The van der Waals surface area contributed by atoms with Gasteiger partial charge in [0.25, 0.3) is 5.79 Å². The molecule has 5 heterocycles. The number of nitriles is 1. The summed E-state index contributed by atoms with van der Waals surface area (Å²) in [6.45, 7) is 6.73. The molecule has 2 fully saturated rings. The van der Waals surface area contributed by atoms with Crippen LogP contribution in [0.5, 0.6) is 11.5 Å². The second kappa shape index (κ2) is 11.9. The van der Waals surface area contributed by atoms with Crippen molar-refractivity contribution in [3.05, 3.63) is 82.1 Å². The minimum Gasteiger partial charge on any atom is -0.444 e. The molecule has 48 heavy (non-hydrogen) atoms. The van der Waals surface area contributed by atoms with E-state index < -0.39 is 29.0 Å². The molecule has 0 radical (unpaired) electrons. The monoisotopic (exact) mass is 681 g/mol. The number of alkyl halides is 3. The number of piperidine rings is 1. The maximum Gasteiger partial charge on any atom is 0.451 e. The molecule has 4 aromatic rings. The van der Waals surface area contributed by atoms with Gasteiger partial charge in [0.05, 0.1) is 28.4 Å². The third-order valence-corrected chi connectivity index (χ3v) is 9.71. The van der Waals surface area contributed by atoms with Crippen molar-refractivity contribution in [2.45, 2.75) is 57.5 Å². The molecule has 9 nitrogen and oxygen atoms in total. The number of hydrogen-bond acceptors (Lipinski definition) is 8. The lowest BCUT2D eigenvalue weighted by atomic mass is 9.88. The topological polar surface area (TPSA) is 103 Å². The van der Waals surface area contributed by atoms with Gasteiger partial charge in [-0.25, -0.2) is 9.37 Å². The Kier molecular flexibility index (Phi) is 7.99. The Hall–Kier alpha value is -4.41. The van der Waals surface area contributed by atoms with Crippen molar-refractivity contribution < 1.29 is 27.0 Å². The Morgan fingerprint density at radius 3 is 2.58 bits per heavy atom. The number of anilines is 1. The molecular formula is C34H32ClF4N7O2. The highest BCUT2D eigenvalue weighted by Crippen LogP contribution is 2.50. The van der Waals surface area contributed by atoms with Gasteiger partial charge in [-0.1, -0.05) is 23.7 Å². The van der Waals surface area contributed by atoms with Crippen molar-refractivity contribution in [2.75, 3.05) is 31.1 Å². The number of aromatic amines is 1. The molecule has 1 N–H and O–H groups in total. The van der Waals surface area contributed by atoms with Crippen molar-refractivity contribution in [1.29, 1.82) is 5.26 Å². The molecule has 2 atom stereocenters. The van der Waals surface area contributed by atoms with Crippen LogP contribution < -0.4 is 14.4 Å². The molecule has 3 aliphatic heterocycles. The summed E-state index contributed by atoms with van der Waals surface area (Å²) in [5.41, 5.74) is 2.60. The molecule has 0 unspecified atom stereocenters. The predicted octanol–water partition coefficient (Wildman–Crippen LogP) is 7.44.